The van der Waals surface area contributed by atoms with Crippen LogP contribution >= 0.6 is 0 Å². The van der Waals surface area contributed by atoms with Gasteiger partial charge < -0.3 is 5.73 Å². The van der Waals surface area contributed by atoms with E-state index in [1.54, 1.807) is 0 Å². The Kier molecular flexibility index (Phi) is 2.65. The maximum atomic E-state index is 5.90. The van der Waals surface area contributed by atoms with Crippen molar-refractivity contribution >= 4 is 0 Å². The van der Waals surface area contributed by atoms with E-state index in [9.17, 15) is 0 Å². The summed E-state index contributed by atoms with van der Waals surface area (Å²) in [6.07, 6.45) is 7.83. The van der Waals surface area contributed by atoms with Crippen molar-refractivity contribution in [1.29, 1.82) is 0 Å². The highest BCUT2D eigenvalue weighted by molar-refractivity contribution is 5.18. The number of nitrogens with zero attached hydrogens (tertiary/aromatic N) is 2. The van der Waals surface area contributed by atoms with E-state index < -0.39 is 0 Å². The first-order chi connectivity index (χ1) is 7.90. The molecule has 2 fully saturated rings. The SMILES string of the molecule is NCC1CCN(C2CC2)C1c1cccnc1. The summed E-state index contributed by atoms with van der Waals surface area (Å²) in [4.78, 5) is 6.89. The fourth-order valence-corrected chi connectivity index (χ4v) is 2.96. The average molecular weight is 217 g/mol. The number of hydrogen-bond acceptors (Lipinski definition) is 3. The van der Waals surface area contributed by atoms with Crippen LogP contribution in [0.15, 0.2) is 24.5 Å². The molecule has 0 amide bonds. The van der Waals surface area contributed by atoms with Gasteiger partial charge >= 0.3 is 0 Å². The Balaban J connectivity index is 1.87. The molecule has 3 rings (SSSR count). The van der Waals surface area contributed by atoms with Gasteiger partial charge in [0.25, 0.3) is 0 Å². The first kappa shape index (κ1) is 10.2. The zero-order chi connectivity index (χ0) is 11.0. The molecule has 1 aliphatic carbocycles. The first-order valence-corrected chi connectivity index (χ1v) is 6.26. The van der Waals surface area contributed by atoms with Crippen molar-refractivity contribution in [3.63, 3.8) is 0 Å². The summed E-state index contributed by atoms with van der Waals surface area (Å²) in [5.41, 5.74) is 7.25. The second-order valence-corrected chi connectivity index (χ2v) is 4.98. The summed E-state index contributed by atoms with van der Waals surface area (Å²) in [5, 5.41) is 0. The molecule has 2 aliphatic rings. The second-order valence-electron chi connectivity index (χ2n) is 4.98. The molecule has 1 aliphatic heterocycles. The number of hydrogen-bond donors (Lipinski definition) is 1. The molecule has 0 bridgehead atoms. The van der Waals surface area contributed by atoms with Gasteiger partial charge in [-0.25, -0.2) is 0 Å². The minimum Gasteiger partial charge on any atom is -0.330 e. The molecule has 3 nitrogen and oxygen atoms in total. The lowest BCUT2D eigenvalue weighted by atomic mass is 9.95. The normalized spacial score (nSPS) is 30.8. The van der Waals surface area contributed by atoms with Gasteiger partial charge in [0.1, 0.15) is 0 Å². The van der Waals surface area contributed by atoms with Crippen LogP contribution in [0.5, 0.6) is 0 Å². The predicted molar refractivity (Wildman–Crippen MR) is 63.9 cm³/mol. The maximum absolute atomic E-state index is 5.90. The van der Waals surface area contributed by atoms with Crippen LogP contribution in [0, 0.1) is 5.92 Å². The van der Waals surface area contributed by atoms with E-state index in [0.29, 0.717) is 12.0 Å². The Bertz CT molecular complexity index is 347. The van der Waals surface area contributed by atoms with Gasteiger partial charge in [0.15, 0.2) is 0 Å². The smallest absolute Gasteiger partial charge is 0.0406 e. The summed E-state index contributed by atoms with van der Waals surface area (Å²) in [6, 6.07) is 5.57. The van der Waals surface area contributed by atoms with Gasteiger partial charge in [-0.1, -0.05) is 6.07 Å². The third-order valence-corrected chi connectivity index (χ3v) is 3.91. The molecule has 2 atom stereocenters. The maximum Gasteiger partial charge on any atom is 0.0406 e. The van der Waals surface area contributed by atoms with Crippen molar-refractivity contribution in [1.82, 2.24) is 9.88 Å². The molecule has 0 aromatic carbocycles. The molecule has 2 N–H and O–H groups in total. The van der Waals surface area contributed by atoms with Crippen LogP contribution in [-0.4, -0.2) is 29.0 Å². The van der Waals surface area contributed by atoms with Crippen LogP contribution in [0.3, 0.4) is 0 Å². The summed E-state index contributed by atoms with van der Waals surface area (Å²) in [6.45, 7) is 2.01. The van der Waals surface area contributed by atoms with Crippen LogP contribution in [0.4, 0.5) is 0 Å². The summed E-state index contributed by atoms with van der Waals surface area (Å²) in [5.74, 6) is 0.616. The van der Waals surface area contributed by atoms with Crippen molar-refractivity contribution in [2.24, 2.45) is 11.7 Å². The molecule has 0 radical (unpaired) electrons. The Hall–Kier alpha value is -0.930. The largest absolute Gasteiger partial charge is 0.330 e. The van der Waals surface area contributed by atoms with Crippen LogP contribution in [0.1, 0.15) is 30.9 Å². The van der Waals surface area contributed by atoms with Gasteiger partial charge in [0, 0.05) is 24.5 Å². The highest BCUT2D eigenvalue weighted by atomic mass is 15.2. The third-order valence-electron chi connectivity index (χ3n) is 3.91. The molecule has 1 saturated carbocycles. The molecule has 16 heavy (non-hydrogen) atoms. The molecule has 1 aromatic heterocycles. The second kappa shape index (κ2) is 4.15. The van der Waals surface area contributed by atoms with Gasteiger partial charge in [0.2, 0.25) is 0 Å². The van der Waals surface area contributed by atoms with E-state index in [4.69, 9.17) is 5.73 Å². The minimum absolute atomic E-state index is 0.520. The summed E-state index contributed by atoms with van der Waals surface area (Å²) < 4.78 is 0. The topological polar surface area (TPSA) is 42.1 Å². The molecule has 0 spiro atoms. The summed E-state index contributed by atoms with van der Waals surface area (Å²) in [7, 11) is 0. The van der Waals surface area contributed by atoms with Crippen LogP contribution in [-0.2, 0) is 0 Å². The molecule has 1 saturated heterocycles. The number of pyridine rings is 1. The molecule has 2 heterocycles. The van der Waals surface area contributed by atoms with E-state index in [-0.39, 0.29) is 0 Å². The molecular formula is C13H19N3. The Labute approximate surface area is 96.7 Å². The van der Waals surface area contributed by atoms with Gasteiger partial charge in [-0.15, -0.1) is 0 Å². The number of nitrogens with two attached hydrogens (primary N) is 1. The fraction of sp³-hybridized carbons (Fsp3) is 0.615. The van der Waals surface area contributed by atoms with Gasteiger partial charge in [0.05, 0.1) is 0 Å². The van der Waals surface area contributed by atoms with E-state index in [0.717, 1.165) is 12.6 Å². The van der Waals surface area contributed by atoms with Crippen LogP contribution in [0.2, 0.25) is 0 Å². The molecular weight excluding hydrogens is 198 g/mol. The monoisotopic (exact) mass is 217 g/mol. The molecule has 1 aromatic rings. The fourth-order valence-electron chi connectivity index (χ4n) is 2.96. The number of likely N-dealkylation sites (tertiary alicyclic amines) is 1. The van der Waals surface area contributed by atoms with Crippen LogP contribution in [0.25, 0.3) is 0 Å². The van der Waals surface area contributed by atoms with Crippen molar-refractivity contribution < 1.29 is 0 Å². The lowest BCUT2D eigenvalue weighted by molar-refractivity contribution is 0.220. The van der Waals surface area contributed by atoms with E-state index >= 15 is 0 Å². The van der Waals surface area contributed by atoms with Crippen LogP contribution < -0.4 is 5.73 Å². The number of rotatable bonds is 3. The van der Waals surface area contributed by atoms with E-state index in [1.807, 2.05) is 18.5 Å². The van der Waals surface area contributed by atoms with Crippen molar-refractivity contribution in [3.8, 4) is 0 Å². The average Bonchev–Trinajstić information content (AvgIpc) is 3.09. The molecule has 2 unspecified atom stereocenters. The number of aromatic nitrogens is 1. The quantitative estimate of drug-likeness (QED) is 0.835. The molecule has 3 heteroatoms. The van der Waals surface area contributed by atoms with Crippen molar-refractivity contribution in [2.45, 2.75) is 31.3 Å². The van der Waals surface area contributed by atoms with E-state index in [1.165, 1.54) is 31.4 Å². The summed E-state index contributed by atoms with van der Waals surface area (Å²) >= 11 is 0. The lowest BCUT2D eigenvalue weighted by Gasteiger charge is -2.27. The first-order valence-electron chi connectivity index (χ1n) is 6.26. The zero-order valence-corrected chi connectivity index (χ0v) is 9.55. The Morgan fingerprint density at radius 2 is 2.25 bits per heavy atom. The Morgan fingerprint density at radius 1 is 1.38 bits per heavy atom. The standard InChI is InChI=1S/C13H19N3/c14-8-10-5-7-16(12-3-4-12)13(10)11-2-1-6-15-9-11/h1-2,6,9-10,12-13H,3-5,7-8,14H2. The highest BCUT2D eigenvalue weighted by Gasteiger charge is 2.42. The van der Waals surface area contributed by atoms with Crippen molar-refractivity contribution in [3.05, 3.63) is 30.1 Å². The molecule has 86 valence electrons. The third kappa shape index (κ3) is 1.74. The van der Waals surface area contributed by atoms with Gasteiger partial charge in [-0.2, -0.15) is 0 Å². The van der Waals surface area contributed by atoms with E-state index in [2.05, 4.69) is 16.0 Å². The Morgan fingerprint density at radius 3 is 2.88 bits per heavy atom. The highest BCUT2D eigenvalue weighted by Crippen LogP contribution is 2.43. The minimum atomic E-state index is 0.520. The van der Waals surface area contributed by atoms with Gasteiger partial charge in [-0.05, 0) is 49.9 Å². The predicted octanol–water partition coefficient (Wildman–Crippen LogP) is 1.57. The van der Waals surface area contributed by atoms with Gasteiger partial charge in [-0.3, -0.25) is 9.88 Å². The lowest BCUT2D eigenvalue weighted by Crippen LogP contribution is -2.29. The van der Waals surface area contributed by atoms with Crippen molar-refractivity contribution in [2.75, 3.05) is 13.1 Å². The zero-order valence-electron chi connectivity index (χ0n) is 9.55.